The van der Waals surface area contributed by atoms with Crippen LogP contribution >= 0.6 is 15.9 Å². The van der Waals surface area contributed by atoms with Gasteiger partial charge >= 0.3 is 0 Å². The maximum absolute atomic E-state index is 11.4. The van der Waals surface area contributed by atoms with E-state index in [-0.39, 0.29) is 12.2 Å². The normalized spacial score (nSPS) is 16.1. The van der Waals surface area contributed by atoms with E-state index >= 15 is 0 Å². The summed E-state index contributed by atoms with van der Waals surface area (Å²) in [6.07, 6.45) is 0.156. The number of rotatable bonds is 4. The monoisotopic (exact) mass is 299 g/mol. The van der Waals surface area contributed by atoms with Crippen molar-refractivity contribution >= 4 is 27.5 Å². The van der Waals surface area contributed by atoms with E-state index in [0.717, 1.165) is 11.3 Å². The van der Waals surface area contributed by atoms with Crippen molar-refractivity contribution in [1.29, 1.82) is 0 Å². The van der Waals surface area contributed by atoms with Gasteiger partial charge in [-0.1, -0.05) is 28.1 Å². The molecule has 1 aromatic rings. The van der Waals surface area contributed by atoms with Gasteiger partial charge in [0, 0.05) is 23.0 Å². The van der Waals surface area contributed by atoms with Crippen molar-refractivity contribution in [1.82, 2.24) is 0 Å². The van der Waals surface area contributed by atoms with Crippen molar-refractivity contribution in [2.45, 2.75) is 12.7 Å². The number of halogens is 1. The van der Waals surface area contributed by atoms with Crippen LogP contribution in [0.5, 0.6) is 0 Å². The smallest absolute Gasteiger partial charge is 0.225 e. The van der Waals surface area contributed by atoms with Gasteiger partial charge in [-0.15, -0.1) is 0 Å². The van der Waals surface area contributed by atoms with Crippen LogP contribution < -0.4 is 5.32 Å². The summed E-state index contributed by atoms with van der Waals surface area (Å²) in [4.78, 5) is 11.4. The number of anilines is 1. The Kier molecular flexibility index (Phi) is 4.53. The number of carbonyl (C=O) groups is 1. The Labute approximate surface area is 108 Å². The second-order valence-corrected chi connectivity index (χ2v) is 4.48. The summed E-state index contributed by atoms with van der Waals surface area (Å²) in [5, 5.41) is 3.49. The zero-order valence-electron chi connectivity index (χ0n) is 9.32. The predicted octanol–water partition coefficient (Wildman–Crippen LogP) is 2.46. The molecule has 2 rings (SSSR count). The largest absolute Gasteiger partial charge is 0.346 e. The molecule has 0 unspecified atom stereocenters. The molecule has 4 nitrogen and oxygen atoms in total. The van der Waals surface area contributed by atoms with Gasteiger partial charge in [-0.25, -0.2) is 0 Å². The van der Waals surface area contributed by atoms with E-state index in [0.29, 0.717) is 25.0 Å². The molecule has 0 saturated carbocycles. The number of nitrogens with one attached hydrogen (secondary N) is 1. The highest BCUT2D eigenvalue weighted by atomic mass is 79.9. The van der Waals surface area contributed by atoms with E-state index in [4.69, 9.17) is 9.47 Å². The second-order valence-electron chi connectivity index (χ2n) is 3.69. The van der Waals surface area contributed by atoms with E-state index in [2.05, 4.69) is 21.2 Å². The van der Waals surface area contributed by atoms with Crippen LogP contribution in [0.4, 0.5) is 5.69 Å². The van der Waals surface area contributed by atoms with Crippen molar-refractivity contribution < 1.29 is 14.3 Å². The number of hydrogen-bond donors (Lipinski definition) is 1. The third-order valence-corrected chi connectivity index (χ3v) is 2.78. The number of hydrogen-bond acceptors (Lipinski definition) is 3. The van der Waals surface area contributed by atoms with Crippen molar-refractivity contribution in [3.8, 4) is 0 Å². The fraction of sp³-hybridized carbons (Fsp3) is 0.417. The molecule has 1 heterocycles. The van der Waals surface area contributed by atoms with Gasteiger partial charge in [-0.2, -0.15) is 0 Å². The molecule has 1 fully saturated rings. The summed E-state index contributed by atoms with van der Waals surface area (Å²) < 4.78 is 10.8. The van der Waals surface area contributed by atoms with Crippen LogP contribution in [-0.2, 0) is 14.3 Å². The third kappa shape index (κ3) is 3.52. The molecule has 0 bridgehead atoms. The van der Waals surface area contributed by atoms with Crippen molar-refractivity contribution in [3.63, 3.8) is 0 Å². The zero-order valence-corrected chi connectivity index (χ0v) is 10.9. The SMILES string of the molecule is O=C(CCBr)Nc1cccc(C2OCCO2)c1. The maximum atomic E-state index is 11.4. The van der Waals surface area contributed by atoms with E-state index in [1.54, 1.807) is 0 Å². The van der Waals surface area contributed by atoms with Gasteiger partial charge < -0.3 is 14.8 Å². The van der Waals surface area contributed by atoms with Gasteiger partial charge in [0.15, 0.2) is 6.29 Å². The van der Waals surface area contributed by atoms with Crippen molar-refractivity contribution in [2.75, 3.05) is 23.9 Å². The molecule has 1 aliphatic heterocycles. The molecule has 0 radical (unpaired) electrons. The molecule has 1 N–H and O–H groups in total. The van der Waals surface area contributed by atoms with Gasteiger partial charge in [0.2, 0.25) is 5.91 Å². The molecular weight excluding hydrogens is 286 g/mol. The molecule has 0 aromatic heterocycles. The van der Waals surface area contributed by atoms with Crippen LogP contribution in [0.1, 0.15) is 18.3 Å². The molecule has 1 saturated heterocycles. The Balaban J connectivity index is 2.03. The van der Waals surface area contributed by atoms with Gasteiger partial charge in [0.1, 0.15) is 0 Å². The van der Waals surface area contributed by atoms with Crippen LogP contribution in [0, 0.1) is 0 Å². The van der Waals surface area contributed by atoms with Gasteiger partial charge in [0.25, 0.3) is 0 Å². The predicted molar refractivity (Wildman–Crippen MR) is 68.1 cm³/mol. The average molecular weight is 300 g/mol. The lowest BCUT2D eigenvalue weighted by Crippen LogP contribution is -2.12. The number of alkyl halides is 1. The first-order chi connectivity index (χ1) is 8.29. The minimum absolute atomic E-state index is 0.00714. The molecular formula is C12H14BrNO3. The molecule has 1 aliphatic rings. The number of benzene rings is 1. The fourth-order valence-electron chi connectivity index (χ4n) is 1.62. The average Bonchev–Trinajstić information content (AvgIpc) is 2.83. The number of amides is 1. The number of ether oxygens (including phenoxy) is 2. The summed E-state index contributed by atoms with van der Waals surface area (Å²) >= 11 is 3.23. The molecule has 17 heavy (non-hydrogen) atoms. The Morgan fingerprint density at radius 1 is 1.41 bits per heavy atom. The topological polar surface area (TPSA) is 47.6 Å². The molecule has 5 heteroatoms. The minimum Gasteiger partial charge on any atom is -0.346 e. The number of carbonyl (C=O) groups excluding carboxylic acids is 1. The Bertz CT molecular complexity index is 391. The molecule has 0 spiro atoms. The highest BCUT2D eigenvalue weighted by Gasteiger charge is 2.18. The zero-order chi connectivity index (χ0) is 12.1. The van der Waals surface area contributed by atoms with Crippen LogP contribution in [0.2, 0.25) is 0 Å². The molecule has 0 aliphatic carbocycles. The Hall–Kier alpha value is -0.910. The second kappa shape index (κ2) is 6.14. The standard InChI is InChI=1S/C12H14BrNO3/c13-5-4-11(15)14-10-3-1-2-9(8-10)12-16-6-7-17-12/h1-3,8,12H,4-7H2,(H,14,15). The van der Waals surface area contributed by atoms with Gasteiger partial charge in [-0.05, 0) is 12.1 Å². The fourth-order valence-corrected chi connectivity index (χ4v) is 1.98. The van der Waals surface area contributed by atoms with Crippen molar-refractivity contribution in [2.24, 2.45) is 0 Å². The maximum Gasteiger partial charge on any atom is 0.225 e. The first kappa shape index (κ1) is 12.5. The van der Waals surface area contributed by atoms with Crippen LogP contribution in [-0.4, -0.2) is 24.5 Å². The lowest BCUT2D eigenvalue weighted by atomic mass is 10.2. The summed E-state index contributed by atoms with van der Waals surface area (Å²) in [5.74, 6) is -0.00714. The summed E-state index contributed by atoms with van der Waals surface area (Å²) in [7, 11) is 0. The van der Waals surface area contributed by atoms with Gasteiger partial charge in [-0.3, -0.25) is 4.79 Å². The first-order valence-electron chi connectivity index (χ1n) is 5.48. The van der Waals surface area contributed by atoms with E-state index in [1.807, 2.05) is 24.3 Å². The Morgan fingerprint density at radius 2 is 2.18 bits per heavy atom. The summed E-state index contributed by atoms with van der Waals surface area (Å²) in [6, 6.07) is 7.53. The van der Waals surface area contributed by atoms with Crippen LogP contribution in [0.25, 0.3) is 0 Å². The van der Waals surface area contributed by atoms with E-state index < -0.39 is 0 Å². The lowest BCUT2D eigenvalue weighted by molar-refractivity contribution is -0.115. The highest BCUT2D eigenvalue weighted by Crippen LogP contribution is 2.25. The summed E-state index contributed by atoms with van der Waals surface area (Å²) in [6.45, 7) is 1.23. The molecule has 1 amide bonds. The van der Waals surface area contributed by atoms with Crippen LogP contribution in [0.3, 0.4) is 0 Å². The first-order valence-corrected chi connectivity index (χ1v) is 6.61. The van der Waals surface area contributed by atoms with Crippen molar-refractivity contribution in [3.05, 3.63) is 29.8 Å². The van der Waals surface area contributed by atoms with E-state index in [1.165, 1.54) is 0 Å². The lowest BCUT2D eigenvalue weighted by Gasteiger charge is -2.11. The Morgan fingerprint density at radius 3 is 2.88 bits per heavy atom. The van der Waals surface area contributed by atoms with Crippen LogP contribution in [0.15, 0.2) is 24.3 Å². The summed E-state index contributed by atoms with van der Waals surface area (Å²) in [5.41, 5.74) is 1.70. The van der Waals surface area contributed by atoms with Gasteiger partial charge in [0.05, 0.1) is 13.2 Å². The molecule has 92 valence electrons. The molecule has 0 atom stereocenters. The highest BCUT2D eigenvalue weighted by molar-refractivity contribution is 9.09. The quantitative estimate of drug-likeness (QED) is 0.869. The third-order valence-electron chi connectivity index (χ3n) is 2.39. The minimum atomic E-state index is -0.303. The van der Waals surface area contributed by atoms with E-state index in [9.17, 15) is 4.79 Å². The molecule has 1 aromatic carbocycles.